The van der Waals surface area contributed by atoms with Crippen LogP contribution in [0.4, 0.5) is 13.2 Å². The number of aliphatic carboxylic acids is 1. The number of aromatic nitrogens is 1. The van der Waals surface area contributed by atoms with E-state index in [1.165, 1.54) is 27.8 Å². The predicted octanol–water partition coefficient (Wildman–Crippen LogP) is 4.13. The molecule has 0 aliphatic carbocycles. The van der Waals surface area contributed by atoms with E-state index in [2.05, 4.69) is 4.98 Å². The third-order valence-electron chi connectivity index (χ3n) is 4.91. The molecule has 1 aromatic heterocycles. The first-order valence-corrected chi connectivity index (χ1v) is 11.7. The number of benzene rings is 2. The summed E-state index contributed by atoms with van der Waals surface area (Å²) in [7, 11) is -1.34. The summed E-state index contributed by atoms with van der Waals surface area (Å²) in [6, 6.07) is 6.76. The van der Waals surface area contributed by atoms with E-state index in [0.29, 0.717) is 40.3 Å². The number of carboxylic acid groups (broad SMARTS) is 1. The number of hydrogen-bond acceptors (Lipinski definition) is 5. The highest BCUT2D eigenvalue weighted by molar-refractivity contribution is 7.82. The van der Waals surface area contributed by atoms with Crippen LogP contribution in [0.25, 0.3) is 11.1 Å². The number of ether oxygens (including phenoxy) is 1. The van der Waals surface area contributed by atoms with Gasteiger partial charge in [0.2, 0.25) is 0 Å². The van der Waals surface area contributed by atoms with E-state index in [0.717, 1.165) is 6.07 Å². The molecule has 2 aromatic carbocycles. The standard InChI is InChI=1S/C21H17F3N2O4S2/c22-16-8-18(24)17(23)7-15(16)12-1-3-14(4-2-12)30-10-20-25-13(11-31-20)9-26-19(21(27)28)5-6-32(26)29/h1-4,7-8,11,19H,5-6,9-10H2,(H,27,28). The highest BCUT2D eigenvalue weighted by atomic mass is 32.2. The maximum absolute atomic E-state index is 13.9. The van der Waals surface area contributed by atoms with Crippen molar-refractivity contribution in [3.8, 4) is 16.9 Å². The lowest BCUT2D eigenvalue weighted by Crippen LogP contribution is -2.35. The zero-order valence-electron chi connectivity index (χ0n) is 16.5. The highest BCUT2D eigenvalue weighted by Gasteiger charge is 2.36. The van der Waals surface area contributed by atoms with Crippen molar-refractivity contribution >= 4 is 28.3 Å². The lowest BCUT2D eigenvalue weighted by atomic mass is 10.0. The van der Waals surface area contributed by atoms with E-state index >= 15 is 0 Å². The molecule has 168 valence electrons. The van der Waals surface area contributed by atoms with E-state index in [9.17, 15) is 27.3 Å². The first-order valence-electron chi connectivity index (χ1n) is 9.51. The number of nitrogens with zero attached hydrogens (tertiary/aromatic N) is 2. The molecule has 0 radical (unpaired) electrons. The van der Waals surface area contributed by atoms with Crippen LogP contribution >= 0.6 is 11.3 Å². The molecule has 32 heavy (non-hydrogen) atoms. The zero-order chi connectivity index (χ0) is 22.8. The molecule has 4 rings (SSSR count). The summed E-state index contributed by atoms with van der Waals surface area (Å²) in [5.74, 6) is -3.45. The maximum Gasteiger partial charge on any atom is 0.321 e. The van der Waals surface area contributed by atoms with Gasteiger partial charge in [-0.2, -0.15) is 0 Å². The molecule has 2 unspecified atom stereocenters. The van der Waals surface area contributed by atoms with Crippen molar-refractivity contribution in [3.05, 3.63) is 69.9 Å². The van der Waals surface area contributed by atoms with Gasteiger partial charge in [0.15, 0.2) is 11.6 Å². The van der Waals surface area contributed by atoms with Gasteiger partial charge >= 0.3 is 5.97 Å². The van der Waals surface area contributed by atoms with Gasteiger partial charge in [-0.1, -0.05) is 12.1 Å². The molecule has 6 nitrogen and oxygen atoms in total. The molecule has 1 aliphatic heterocycles. The second-order valence-corrected chi connectivity index (χ2v) is 9.50. The van der Waals surface area contributed by atoms with Crippen molar-refractivity contribution in [3.63, 3.8) is 0 Å². The van der Waals surface area contributed by atoms with Gasteiger partial charge in [-0.05, 0) is 30.2 Å². The molecule has 1 N–H and O–H groups in total. The average Bonchev–Trinajstić information content (AvgIpc) is 3.37. The Hall–Kier alpha value is -2.76. The molecular weight excluding hydrogens is 465 g/mol. The quantitative estimate of drug-likeness (QED) is 0.513. The lowest BCUT2D eigenvalue weighted by Gasteiger charge is -2.17. The molecule has 1 saturated heterocycles. The Bertz CT molecular complexity index is 1170. The first kappa shape index (κ1) is 22.4. The summed E-state index contributed by atoms with van der Waals surface area (Å²) < 4.78 is 59.6. The molecule has 0 spiro atoms. The summed E-state index contributed by atoms with van der Waals surface area (Å²) in [5.41, 5.74) is 0.926. The summed E-state index contributed by atoms with van der Waals surface area (Å²) >= 11 is 1.33. The summed E-state index contributed by atoms with van der Waals surface area (Å²) in [6.45, 7) is 0.323. The van der Waals surface area contributed by atoms with Crippen LogP contribution in [-0.4, -0.2) is 36.4 Å². The number of rotatable bonds is 7. The largest absolute Gasteiger partial charge is 0.486 e. The first-order chi connectivity index (χ1) is 15.3. The number of carbonyl (C=O) groups is 1. The maximum atomic E-state index is 13.9. The zero-order valence-corrected chi connectivity index (χ0v) is 18.1. The minimum Gasteiger partial charge on any atom is -0.486 e. The second-order valence-electron chi connectivity index (χ2n) is 7.04. The summed E-state index contributed by atoms with van der Waals surface area (Å²) in [4.78, 5) is 15.7. The number of hydrogen-bond donors (Lipinski definition) is 1. The van der Waals surface area contributed by atoms with Crippen molar-refractivity contribution in [2.45, 2.75) is 25.6 Å². The molecule has 1 aliphatic rings. The van der Waals surface area contributed by atoms with Gasteiger partial charge in [-0.25, -0.2) is 26.7 Å². The highest BCUT2D eigenvalue weighted by Crippen LogP contribution is 2.28. The van der Waals surface area contributed by atoms with Crippen molar-refractivity contribution < 1.29 is 32.0 Å². The number of thiazole rings is 1. The summed E-state index contributed by atoms with van der Waals surface area (Å²) in [6.07, 6.45) is 0.340. The van der Waals surface area contributed by atoms with Gasteiger partial charge in [0.25, 0.3) is 0 Å². The molecule has 1 fully saturated rings. The molecule has 0 amide bonds. The Balaban J connectivity index is 1.38. The van der Waals surface area contributed by atoms with Gasteiger partial charge in [-0.3, -0.25) is 4.79 Å². The van der Waals surface area contributed by atoms with Crippen LogP contribution < -0.4 is 4.74 Å². The Labute approximate surface area is 187 Å². The second kappa shape index (κ2) is 9.39. The van der Waals surface area contributed by atoms with Crippen LogP contribution in [0, 0.1) is 17.5 Å². The minimum atomic E-state index is -1.34. The van der Waals surface area contributed by atoms with Gasteiger partial charge in [-0.15, -0.1) is 11.3 Å². The smallest absolute Gasteiger partial charge is 0.321 e. The van der Waals surface area contributed by atoms with E-state index in [4.69, 9.17) is 4.74 Å². The van der Waals surface area contributed by atoms with Crippen molar-refractivity contribution in [1.82, 2.24) is 9.29 Å². The van der Waals surface area contributed by atoms with E-state index in [1.807, 2.05) is 0 Å². The Morgan fingerprint density at radius 3 is 2.62 bits per heavy atom. The van der Waals surface area contributed by atoms with E-state index in [1.54, 1.807) is 17.5 Å². The van der Waals surface area contributed by atoms with Gasteiger partial charge in [0.05, 0.1) is 23.2 Å². The number of halogens is 3. The minimum absolute atomic E-state index is 0.0565. The molecule has 0 bridgehead atoms. The third-order valence-corrected chi connectivity index (χ3v) is 7.28. The van der Waals surface area contributed by atoms with Crippen LogP contribution in [0.15, 0.2) is 41.8 Å². The molecular formula is C21H17F3N2O4S2. The van der Waals surface area contributed by atoms with Crippen LogP contribution in [0.2, 0.25) is 0 Å². The fourth-order valence-electron chi connectivity index (χ4n) is 3.31. The molecule has 3 aromatic rings. The lowest BCUT2D eigenvalue weighted by molar-refractivity contribution is -0.141. The Morgan fingerprint density at radius 2 is 1.91 bits per heavy atom. The van der Waals surface area contributed by atoms with Gasteiger partial charge in [0.1, 0.15) is 29.2 Å². The SMILES string of the molecule is O=C(O)C1CCS(=O)N1Cc1csc(COc2ccc(-c3cc(F)c(F)cc3F)cc2)n1. The third kappa shape index (κ3) is 4.84. The monoisotopic (exact) mass is 482 g/mol. The van der Waals surface area contributed by atoms with Crippen LogP contribution in [0.3, 0.4) is 0 Å². The van der Waals surface area contributed by atoms with Crippen molar-refractivity contribution in [2.75, 3.05) is 5.75 Å². The Morgan fingerprint density at radius 1 is 1.19 bits per heavy atom. The van der Waals surface area contributed by atoms with E-state index in [-0.39, 0.29) is 18.7 Å². The molecule has 2 atom stereocenters. The normalized spacial score (nSPS) is 18.7. The average molecular weight is 483 g/mol. The van der Waals surface area contributed by atoms with Crippen LogP contribution in [0.1, 0.15) is 17.1 Å². The molecule has 11 heteroatoms. The van der Waals surface area contributed by atoms with Crippen molar-refractivity contribution in [1.29, 1.82) is 0 Å². The van der Waals surface area contributed by atoms with Gasteiger partial charge in [0, 0.05) is 22.8 Å². The topological polar surface area (TPSA) is 79.7 Å². The number of carboxylic acids is 1. The molecule has 0 saturated carbocycles. The predicted molar refractivity (Wildman–Crippen MR) is 113 cm³/mol. The molecule has 2 heterocycles. The Kier molecular flexibility index (Phi) is 6.58. The summed E-state index contributed by atoms with van der Waals surface area (Å²) in [5, 5.41) is 11.7. The van der Waals surface area contributed by atoms with Crippen LogP contribution in [-0.2, 0) is 28.9 Å². The fourth-order valence-corrected chi connectivity index (χ4v) is 5.42. The van der Waals surface area contributed by atoms with E-state index < -0.39 is 40.4 Å². The van der Waals surface area contributed by atoms with Gasteiger partial charge < -0.3 is 9.84 Å². The fraction of sp³-hybridized carbons (Fsp3) is 0.238. The van der Waals surface area contributed by atoms with Crippen molar-refractivity contribution in [2.24, 2.45) is 0 Å². The van der Waals surface area contributed by atoms with Crippen LogP contribution in [0.5, 0.6) is 5.75 Å².